The SMILES string of the molecule is CC(=O)c1ccc(C#N)cc1.Cn1c(=O)oc2ccc(CNC(=O)c3ncnc4c(N)c[nH]c34)cc21. The number of aromatic nitrogens is 4. The lowest BCUT2D eigenvalue weighted by Crippen LogP contribution is -2.24. The normalized spacial score (nSPS) is 10.5. The number of hydrogen-bond donors (Lipinski definition) is 3. The second-order valence-corrected chi connectivity index (χ2v) is 7.85. The molecule has 5 aromatic rings. The van der Waals surface area contributed by atoms with Crippen LogP contribution in [0.15, 0.2) is 64.2 Å². The summed E-state index contributed by atoms with van der Waals surface area (Å²) in [6.07, 6.45) is 2.87. The number of fused-ring (bicyclic) bond motifs is 2. The topological polar surface area (TPSA) is 173 Å². The van der Waals surface area contributed by atoms with E-state index in [-0.39, 0.29) is 23.9 Å². The maximum Gasteiger partial charge on any atom is 0.419 e. The number of amides is 1. The van der Waals surface area contributed by atoms with Crippen molar-refractivity contribution in [1.29, 1.82) is 5.26 Å². The molecule has 180 valence electrons. The zero-order valence-electron chi connectivity index (χ0n) is 19.4. The number of aryl methyl sites for hydroxylation is 1. The standard InChI is InChI=1S/C16H14N6O3.C9H7NO/c1-22-10-4-8(2-3-11(10)25-16(22)24)5-19-15(23)14-13-12(20-7-21-14)9(17)6-18-13;1-7(11)9-4-2-8(6-10)3-5-9/h2-4,6-7,18H,5,17H2,1H3,(H,19,23);2-5H,1H3. The summed E-state index contributed by atoms with van der Waals surface area (Å²) in [6.45, 7) is 1.78. The minimum atomic E-state index is -0.427. The predicted molar refractivity (Wildman–Crippen MR) is 132 cm³/mol. The van der Waals surface area contributed by atoms with E-state index in [0.29, 0.717) is 38.9 Å². The molecule has 2 aromatic carbocycles. The molecule has 3 heterocycles. The Balaban J connectivity index is 0.000000233. The smallest absolute Gasteiger partial charge is 0.408 e. The molecule has 0 saturated heterocycles. The van der Waals surface area contributed by atoms with Gasteiger partial charge in [0.1, 0.15) is 11.8 Å². The Bertz CT molecular complexity index is 1690. The maximum atomic E-state index is 12.4. The molecule has 4 N–H and O–H groups in total. The molecule has 0 unspecified atom stereocenters. The molecular formula is C25H21N7O4. The Morgan fingerprint density at radius 1 is 1.19 bits per heavy atom. The molecule has 0 bridgehead atoms. The van der Waals surface area contributed by atoms with Crippen LogP contribution in [-0.2, 0) is 13.6 Å². The van der Waals surface area contributed by atoms with E-state index in [9.17, 15) is 14.4 Å². The minimum Gasteiger partial charge on any atom is -0.408 e. The van der Waals surface area contributed by atoms with Crippen LogP contribution in [0.1, 0.15) is 38.9 Å². The fraction of sp³-hybridized carbons (Fsp3) is 0.120. The van der Waals surface area contributed by atoms with Crippen molar-refractivity contribution in [2.45, 2.75) is 13.5 Å². The molecule has 3 aromatic heterocycles. The summed E-state index contributed by atoms with van der Waals surface area (Å²) in [5, 5.41) is 11.2. The summed E-state index contributed by atoms with van der Waals surface area (Å²) in [6, 6.07) is 13.8. The number of nitriles is 1. The van der Waals surface area contributed by atoms with Crippen molar-refractivity contribution in [3.8, 4) is 6.07 Å². The lowest BCUT2D eigenvalue weighted by molar-refractivity contribution is 0.0946. The number of Topliss-reactive ketones (excluding diaryl/α,β-unsaturated/α-hetero) is 1. The number of anilines is 1. The van der Waals surface area contributed by atoms with Gasteiger partial charge in [0.25, 0.3) is 5.91 Å². The van der Waals surface area contributed by atoms with Gasteiger partial charge >= 0.3 is 5.76 Å². The number of nitrogens with zero attached hydrogens (tertiary/aromatic N) is 4. The van der Waals surface area contributed by atoms with Crippen molar-refractivity contribution in [2.75, 3.05) is 5.73 Å². The van der Waals surface area contributed by atoms with E-state index in [0.717, 1.165) is 5.56 Å². The van der Waals surface area contributed by atoms with E-state index in [1.165, 1.54) is 17.8 Å². The number of aromatic amines is 1. The highest BCUT2D eigenvalue weighted by atomic mass is 16.4. The molecule has 0 aliphatic rings. The maximum absolute atomic E-state index is 12.4. The molecule has 0 saturated carbocycles. The molecule has 1 amide bonds. The number of nitrogen functional groups attached to an aromatic ring is 1. The van der Waals surface area contributed by atoms with Crippen LogP contribution in [0.25, 0.3) is 22.1 Å². The number of hydrogen-bond acceptors (Lipinski definition) is 8. The summed E-state index contributed by atoms with van der Waals surface area (Å²) in [7, 11) is 1.63. The van der Waals surface area contributed by atoms with Crippen molar-refractivity contribution in [2.24, 2.45) is 7.05 Å². The monoisotopic (exact) mass is 483 g/mol. The van der Waals surface area contributed by atoms with E-state index in [4.69, 9.17) is 15.4 Å². The van der Waals surface area contributed by atoms with Crippen LogP contribution in [0.4, 0.5) is 5.69 Å². The largest absolute Gasteiger partial charge is 0.419 e. The molecule has 36 heavy (non-hydrogen) atoms. The molecular weight excluding hydrogens is 462 g/mol. The minimum absolute atomic E-state index is 0.0227. The molecule has 0 spiro atoms. The molecule has 11 nitrogen and oxygen atoms in total. The molecule has 0 aliphatic carbocycles. The van der Waals surface area contributed by atoms with Crippen molar-refractivity contribution in [3.63, 3.8) is 0 Å². The molecule has 11 heteroatoms. The Morgan fingerprint density at radius 2 is 1.94 bits per heavy atom. The first kappa shape index (κ1) is 23.9. The predicted octanol–water partition coefficient (Wildman–Crippen LogP) is 2.68. The number of ketones is 1. The molecule has 5 rings (SSSR count). The van der Waals surface area contributed by atoms with Crippen LogP contribution in [0.2, 0.25) is 0 Å². The third-order valence-electron chi connectivity index (χ3n) is 5.44. The molecule has 0 fully saturated rings. The van der Waals surface area contributed by atoms with Crippen LogP contribution in [0, 0.1) is 11.3 Å². The summed E-state index contributed by atoms with van der Waals surface area (Å²) in [5.74, 6) is -0.756. The van der Waals surface area contributed by atoms with Crippen molar-refractivity contribution >= 4 is 39.5 Å². The summed E-state index contributed by atoms with van der Waals surface area (Å²) >= 11 is 0. The van der Waals surface area contributed by atoms with Crippen LogP contribution in [-0.4, -0.2) is 31.2 Å². The van der Waals surface area contributed by atoms with Gasteiger partial charge in [-0.15, -0.1) is 0 Å². The number of H-pyrrole nitrogens is 1. The quantitative estimate of drug-likeness (QED) is 0.327. The van der Waals surface area contributed by atoms with Crippen LogP contribution in [0.3, 0.4) is 0 Å². The van der Waals surface area contributed by atoms with Gasteiger partial charge in [-0.25, -0.2) is 14.8 Å². The molecule has 0 radical (unpaired) electrons. The number of nitrogens with two attached hydrogens (primary N) is 1. The van der Waals surface area contributed by atoms with Gasteiger partial charge in [0.15, 0.2) is 17.1 Å². The number of oxazole rings is 1. The first-order chi connectivity index (χ1) is 17.3. The Hall–Kier alpha value is -5.24. The molecule has 0 aliphatic heterocycles. The number of benzene rings is 2. The highest BCUT2D eigenvalue weighted by molar-refractivity contribution is 6.05. The van der Waals surface area contributed by atoms with E-state index in [2.05, 4.69) is 20.3 Å². The van der Waals surface area contributed by atoms with Crippen LogP contribution < -0.4 is 16.8 Å². The van der Waals surface area contributed by atoms with Crippen LogP contribution in [0.5, 0.6) is 0 Å². The van der Waals surface area contributed by atoms with E-state index < -0.39 is 5.76 Å². The van der Waals surface area contributed by atoms with Gasteiger partial charge in [0.2, 0.25) is 0 Å². The van der Waals surface area contributed by atoms with Gasteiger partial charge in [-0.1, -0.05) is 18.2 Å². The Kier molecular flexibility index (Phi) is 6.60. The van der Waals surface area contributed by atoms with Gasteiger partial charge in [0.05, 0.1) is 28.4 Å². The number of rotatable bonds is 4. The first-order valence-electron chi connectivity index (χ1n) is 10.7. The fourth-order valence-electron chi connectivity index (χ4n) is 3.46. The fourth-order valence-corrected chi connectivity index (χ4v) is 3.46. The third-order valence-corrected chi connectivity index (χ3v) is 5.44. The zero-order valence-corrected chi connectivity index (χ0v) is 19.4. The van der Waals surface area contributed by atoms with Gasteiger partial charge in [-0.3, -0.25) is 14.2 Å². The highest BCUT2D eigenvalue weighted by Gasteiger charge is 2.15. The van der Waals surface area contributed by atoms with Gasteiger partial charge in [-0.2, -0.15) is 5.26 Å². The third kappa shape index (κ3) is 4.83. The Labute approximate surface area is 204 Å². The average Bonchev–Trinajstić information content (AvgIpc) is 3.41. The summed E-state index contributed by atoms with van der Waals surface area (Å²) < 4.78 is 6.50. The second-order valence-electron chi connectivity index (χ2n) is 7.85. The van der Waals surface area contributed by atoms with Crippen molar-refractivity contribution < 1.29 is 14.0 Å². The number of carbonyl (C=O) groups excluding carboxylic acids is 2. The lowest BCUT2D eigenvalue weighted by Gasteiger charge is -2.06. The van der Waals surface area contributed by atoms with E-state index in [1.807, 2.05) is 6.07 Å². The van der Waals surface area contributed by atoms with Gasteiger partial charge < -0.3 is 20.5 Å². The van der Waals surface area contributed by atoms with E-state index in [1.54, 1.807) is 55.7 Å². The summed E-state index contributed by atoms with van der Waals surface area (Å²) in [5.41, 5.74) is 10.7. The van der Waals surface area contributed by atoms with Crippen molar-refractivity contribution in [3.05, 3.63) is 87.9 Å². The van der Waals surface area contributed by atoms with Crippen molar-refractivity contribution in [1.82, 2.24) is 24.8 Å². The highest BCUT2D eigenvalue weighted by Crippen LogP contribution is 2.19. The lowest BCUT2D eigenvalue weighted by atomic mass is 10.1. The summed E-state index contributed by atoms with van der Waals surface area (Å²) in [4.78, 5) is 45.7. The molecule has 0 atom stereocenters. The number of carbonyl (C=O) groups is 2. The first-order valence-corrected chi connectivity index (χ1v) is 10.7. The zero-order chi connectivity index (χ0) is 25.8. The van der Waals surface area contributed by atoms with Gasteiger partial charge in [-0.05, 0) is 36.8 Å². The van der Waals surface area contributed by atoms with Crippen LogP contribution >= 0.6 is 0 Å². The Morgan fingerprint density at radius 3 is 2.64 bits per heavy atom. The second kappa shape index (κ2) is 9.94. The number of nitrogens with one attached hydrogen (secondary N) is 2. The average molecular weight is 483 g/mol. The van der Waals surface area contributed by atoms with Gasteiger partial charge in [0, 0.05) is 25.4 Å². The van der Waals surface area contributed by atoms with E-state index >= 15 is 0 Å².